The Kier molecular flexibility index (Phi) is 2.41. The molecule has 0 aromatic heterocycles. The molecule has 1 aromatic carbocycles. The molecule has 0 aliphatic carbocycles. The van der Waals surface area contributed by atoms with E-state index < -0.39 is 0 Å². The fourth-order valence-electron chi connectivity index (χ4n) is 1.76. The first kappa shape index (κ1) is 8.45. The Morgan fingerprint density at radius 1 is 1.31 bits per heavy atom. The SMILES string of the molecule is NCC[N+]1=Cc2ccccc2CC1. The smallest absolute Gasteiger partial charge is 0.171 e. The van der Waals surface area contributed by atoms with E-state index in [0.29, 0.717) is 0 Å². The van der Waals surface area contributed by atoms with Crippen molar-refractivity contribution in [2.24, 2.45) is 5.73 Å². The van der Waals surface area contributed by atoms with E-state index in [1.807, 2.05) is 0 Å². The fraction of sp³-hybridized carbons (Fsp3) is 0.364. The molecule has 0 saturated heterocycles. The average molecular weight is 175 g/mol. The highest BCUT2D eigenvalue weighted by molar-refractivity contribution is 5.78. The molecule has 0 atom stereocenters. The quantitative estimate of drug-likeness (QED) is 0.656. The minimum atomic E-state index is 0.735. The van der Waals surface area contributed by atoms with E-state index in [9.17, 15) is 0 Å². The second-order valence-corrected chi connectivity index (χ2v) is 3.40. The molecular formula is C11H15N2+. The molecule has 0 saturated carbocycles. The summed E-state index contributed by atoms with van der Waals surface area (Å²) < 4.78 is 2.29. The lowest BCUT2D eigenvalue weighted by Gasteiger charge is -2.11. The van der Waals surface area contributed by atoms with Gasteiger partial charge in [-0.3, -0.25) is 0 Å². The summed E-state index contributed by atoms with van der Waals surface area (Å²) in [6.45, 7) is 2.81. The number of hydrogen-bond acceptors (Lipinski definition) is 1. The Morgan fingerprint density at radius 2 is 2.15 bits per heavy atom. The largest absolute Gasteiger partial charge is 0.325 e. The van der Waals surface area contributed by atoms with Crippen LogP contribution in [0.15, 0.2) is 24.3 Å². The maximum absolute atomic E-state index is 5.52. The van der Waals surface area contributed by atoms with Gasteiger partial charge in [0.05, 0.1) is 6.54 Å². The summed E-state index contributed by atoms with van der Waals surface area (Å²) >= 11 is 0. The zero-order valence-corrected chi connectivity index (χ0v) is 7.74. The van der Waals surface area contributed by atoms with Crippen LogP contribution in [0.5, 0.6) is 0 Å². The molecule has 0 unspecified atom stereocenters. The summed E-state index contributed by atoms with van der Waals surface area (Å²) in [7, 11) is 0. The zero-order chi connectivity index (χ0) is 9.10. The molecule has 1 aromatic rings. The summed E-state index contributed by atoms with van der Waals surface area (Å²) in [4.78, 5) is 0. The van der Waals surface area contributed by atoms with Crippen LogP contribution in [0.25, 0.3) is 0 Å². The molecule has 0 amide bonds. The predicted molar refractivity (Wildman–Crippen MR) is 54.4 cm³/mol. The van der Waals surface area contributed by atoms with Gasteiger partial charge in [-0.05, 0) is 11.6 Å². The first-order valence-corrected chi connectivity index (χ1v) is 4.77. The van der Waals surface area contributed by atoms with Crippen molar-refractivity contribution in [3.8, 4) is 0 Å². The van der Waals surface area contributed by atoms with Crippen molar-refractivity contribution in [1.29, 1.82) is 0 Å². The summed E-state index contributed by atoms with van der Waals surface area (Å²) in [5.41, 5.74) is 8.32. The van der Waals surface area contributed by atoms with Gasteiger partial charge in [-0.1, -0.05) is 18.2 Å². The second kappa shape index (κ2) is 3.71. The first-order valence-electron chi connectivity index (χ1n) is 4.77. The maximum Gasteiger partial charge on any atom is 0.171 e. The van der Waals surface area contributed by atoms with Gasteiger partial charge >= 0.3 is 0 Å². The van der Waals surface area contributed by atoms with E-state index in [2.05, 4.69) is 35.1 Å². The maximum atomic E-state index is 5.52. The van der Waals surface area contributed by atoms with E-state index in [1.165, 1.54) is 11.1 Å². The molecule has 0 fully saturated rings. The monoisotopic (exact) mass is 175 g/mol. The Labute approximate surface area is 78.7 Å². The van der Waals surface area contributed by atoms with Crippen LogP contribution in [0.4, 0.5) is 0 Å². The van der Waals surface area contributed by atoms with E-state index in [4.69, 9.17) is 5.73 Å². The normalized spacial score (nSPS) is 15.0. The van der Waals surface area contributed by atoms with Crippen LogP contribution < -0.4 is 5.73 Å². The third-order valence-electron chi connectivity index (χ3n) is 2.46. The molecular weight excluding hydrogens is 160 g/mol. The van der Waals surface area contributed by atoms with Crippen molar-refractivity contribution < 1.29 is 4.58 Å². The van der Waals surface area contributed by atoms with Gasteiger partial charge in [0, 0.05) is 12.0 Å². The lowest BCUT2D eigenvalue weighted by atomic mass is 10.0. The van der Waals surface area contributed by atoms with Crippen molar-refractivity contribution in [3.05, 3.63) is 35.4 Å². The van der Waals surface area contributed by atoms with E-state index in [0.717, 1.165) is 26.1 Å². The number of hydrogen-bond donors (Lipinski definition) is 1. The van der Waals surface area contributed by atoms with Crippen LogP contribution in [0.1, 0.15) is 11.1 Å². The highest BCUT2D eigenvalue weighted by atomic mass is 15.0. The highest BCUT2D eigenvalue weighted by Gasteiger charge is 2.13. The Balaban J connectivity index is 2.28. The van der Waals surface area contributed by atoms with Gasteiger partial charge in [0.25, 0.3) is 0 Å². The molecule has 2 rings (SSSR count). The first-order chi connectivity index (χ1) is 6.40. The summed E-state index contributed by atoms with van der Waals surface area (Å²) in [5.74, 6) is 0. The standard InChI is InChI=1S/C11H15N2/c12-6-8-13-7-5-10-3-1-2-4-11(10)9-13/h1-4,9H,5-8,12H2/q+1. The topological polar surface area (TPSA) is 29.0 Å². The third-order valence-corrected chi connectivity index (χ3v) is 2.46. The van der Waals surface area contributed by atoms with Crippen LogP contribution in [0.2, 0.25) is 0 Å². The van der Waals surface area contributed by atoms with Crippen LogP contribution >= 0.6 is 0 Å². The van der Waals surface area contributed by atoms with Gasteiger partial charge < -0.3 is 5.73 Å². The van der Waals surface area contributed by atoms with Gasteiger partial charge in [0.15, 0.2) is 12.8 Å². The highest BCUT2D eigenvalue weighted by Crippen LogP contribution is 2.10. The van der Waals surface area contributed by atoms with Crippen molar-refractivity contribution in [3.63, 3.8) is 0 Å². The molecule has 1 heterocycles. The van der Waals surface area contributed by atoms with Crippen LogP contribution in [-0.4, -0.2) is 30.4 Å². The fourth-order valence-corrected chi connectivity index (χ4v) is 1.76. The summed E-state index contributed by atoms with van der Waals surface area (Å²) in [6.07, 6.45) is 3.36. The second-order valence-electron chi connectivity index (χ2n) is 3.40. The molecule has 1 aliphatic rings. The molecule has 13 heavy (non-hydrogen) atoms. The number of nitrogens with zero attached hydrogens (tertiary/aromatic N) is 1. The number of rotatable bonds is 2. The molecule has 1 aliphatic heterocycles. The summed E-state index contributed by atoms with van der Waals surface area (Å²) in [5, 5.41) is 0. The minimum Gasteiger partial charge on any atom is -0.325 e. The summed E-state index contributed by atoms with van der Waals surface area (Å²) in [6, 6.07) is 8.55. The average Bonchev–Trinajstić information content (AvgIpc) is 2.18. The van der Waals surface area contributed by atoms with E-state index in [1.54, 1.807) is 0 Å². The van der Waals surface area contributed by atoms with Gasteiger partial charge in [-0.15, -0.1) is 0 Å². The van der Waals surface area contributed by atoms with Crippen LogP contribution in [0.3, 0.4) is 0 Å². The van der Waals surface area contributed by atoms with E-state index in [-0.39, 0.29) is 0 Å². The van der Waals surface area contributed by atoms with Crippen molar-refractivity contribution >= 4 is 6.21 Å². The minimum absolute atomic E-state index is 0.735. The van der Waals surface area contributed by atoms with Crippen molar-refractivity contribution in [2.75, 3.05) is 19.6 Å². The molecule has 2 N–H and O–H groups in total. The van der Waals surface area contributed by atoms with Crippen LogP contribution in [0, 0.1) is 0 Å². The van der Waals surface area contributed by atoms with Crippen LogP contribution in [-0.2, 0) is 6.42 Å². The zero-order valence-electron chi connectivity index (χ0n) is 7.74. The van der Waals surface area contributed by atoms with Gasteiger partial charge in [-0.2, -0.15) is 0 Å². The van der Waals surface area contributed by atoms with E-state index >= 15 is 0 Å². The molecule has 0 radical (unpaired) electrons. The Bertz CT molecular complexity index is 329. The Morgan fingerprint density at radius 3 is 3.00 bits per heavy atom. The van der Waals surface area contributed by atoms with Gasteiger partial charge in [-0.25, -0.2) is 4.58 Å². The van der Waals surface area contributed by atoms with Crippen molar-refractivity contribution in [1.82, 2.24) is 0 Å². The molecule has 68 valence electrons. The molecule has 0 bridgehead atoms. The predicted octanol–water partition coefficient (Wildman–Crippen LogP) is 0.633. The van der Waals surface area contributed by atoms with Crippen molar-refractivity contribution in [2.45, 2.75) is 6.42 Å². The van der Waals surface area contributed by atoms with Gasteiger partial charge in [0.2, 0.25) is 0 Å². The number of nitrogens with two attached hydrogens (primary N) is 1. The Hall–Kier alpha value is -1.15. The number of benzene rings is 1. The lowest BCUT2D eigenvalue weighted by Crippen LogP contribution is -2.27. The third kappa shape index (κ3) is 1.78. The number of fused-ring (bicyclic) bond motifs is 1. The molecule has 2 nitrogen and oxygen atoms in total. The van der Waals surface area contributed by atoms with Gasteiger partial charge in [0.1, 0.15) is 6.54 Å². The lowest BCUT2D eigenvalue weighted by molar-refractivity contribution is -0.521. The molecule has 2 heteroatoms. The molecule has 0 spiro atoms.